The molecule has 3 amide bonds. The summed E-state index contributed by atoms with van der Waals surface area (Å²) >= 11 is 0. The number of H-pyrrole nitrogens is 1. The largest absolute Gasteiger partial charge is 0.471 e. The minimum atomic E-state index is -5.16. The predicted octanol–water partition coefficient (Wildman–Crippen LogP) is 2.69. The van der Waals surface area contributed by atoms with E-state index in [9.17, 15) is 32.8 Å². The number of nitrogens with one attached hydrogen (secondary N) is 3. The number of fused-ring (bicyclic) bond motifs is 2. The number of aromatic nitrogens is 2. The van der Waals surface area contributed by atoms with Crippen molar-refractivity contribution in [1.29, 1.82) is 5.26 Å². The van der Waals surface area contributed by atoms with Crippen molar-refractivity contribution in [2.75, 3.05) is 6.54 Å². The normalized spacial score (nSPS) is 23.8. The number of nitriles is 1. The lowest BCUT2D eigenvalue weighted by Crippen LogP contribution is -2.61. The molecular weight excluding hydrogens is 501 g/mol. The first-order valence-electron chi connectivity index (χ1n) is 12.4. The first kappa shape index (κ1) is 27.4. The number of hydrogen-bond acceptors (Lipinski definition) is 5. The standard InChI is InChI=1S/C26H31F3N6O3/c1-24(2,3)19(34-23(38)26(27,28)29)22(37)35-12-16-17(25(16,4)5)18(35)21(36)33-14(10-30)9-13-11-32-20-15(13)7-6-8-31-20/h6-8,11,14,16-19H,9,12H2,1-5H3,(H,31,32)(H,33,36)(H,34,38)/t14?,16-,17-,18-,19+/m0/s1. The van der Waals surface area contributed by atoms with Gasteiger partial charge in [0.25, 0.3) is 0 Å². The second-order valence-electron chi connectivity index (χ2n) is 11.8. The van der Waals surface area contributed by atoms with Crippen LogP contribution in [0.25, 0.3) is 11.0 Å². The number of piperidine rings is 1. The third-order valence-electron chi connectivity index (χ3n) is 7.84. The van der Waals surface area contributed by atoms with E-state index in [1.807, 2.05) is 25.2 Å². The van der Waals surface area contributed by atoms with Crippen molar-refractivity contribution in [2.45, 2.75) is 65.3 Å². The molecule has 12 heteroatoms. The second kappa shape index (κ2) is 9.29. The van der Waals surface area contributed by atoms with Crippen molar-refractivity contribution >= 4 is 28.8 Å². The SMILES string of the molecule is CC(C)(C)[C@H](NC(=O)C(F)(F)F)C(=O)N1C[C@H]2[C@@H]([C@H]1C(=O)NC(C#N)Cc1c[nH]c3ncccc13)C2(C)C. The molecule has 4 rings (SSSR count). The van der Waals surface area contributed by atoms with Gasteiger partial charge in [-0.25, -0.2) is 4.98 Å². The van der Waals surface area contributed by atoms with Crippen LogP contribution in [-0.4, -0.2) is 63.4 Å². The number of carbonyl (C=O) groups is 3. The molecule has 0 bridgehead atoms. The highest BCUT2D eigenvalue weighted by Gasteiger charge is 2.70. The summed E-state index contributed by atoms with van der Waals surface area (Å²) in [6, 6.07) is 2.31. The van der Waals surface area contributed by atoms with Gasteiger partial charge in [0.1, 0.15) is 23.8 Å². The van der Waals surface area contributed by atoms with Crippen molar-refractivity contribution in [1.82, 2.24) is 25.5 Å². The molecule has 2 fully saturated rings. The fourth-order valence-electron chi connectivity index (χ4n) is 5.63. The average Bonchev–Trinajstić information content (AvgIpc) is 3.19. The van der Waals surface area contributed by atoms with Gasteiger partial charge in [-0.2, -0.15) is 18.4 Å². The molecule has 1 aliphatic carbocycles. The zero-order valence-corrected chi connectivity index (χ0v) is 21.8. The summed E-state index contributed by atoms with van der Waals surface area (Å²) in [4.78, 5) is 47.4. The van der Waals surface area contributed by atoms with Gasteiger partial charge in [-0.05, 0) is 40.4 Å². The molecule has 1 unspecified atom stereocenters. The van der Waals surface area contributed by atoms with E-state index in [0.717, 1.165) is 10.9 Å². The Labute approximate surface area is 218 Å². The number of amides is 3. The number of carbonyl (C=O) groups excluding carboxylic acids is 3. The number of halogens is 3. The third-order valence-corrected chi connectivity index (χ3v) is 7.84. The molecule has 0 radical (unpaired) electrons. The Morgan fingerprint density at radius 3 is 2.55 bits per heavy atom. The first-order valence-corrected chi connectivity index (χ1v) is 12.4. The molecule has 2 aromatic heterocycles. The van der Waals surface area contributed by atoms with E-state index in [2.05, 4.69) is 21.4 Å². The highest BCUT2D eigenvalue weighted by atomic mass is 19.4. The Hall–Kier alpha value is -3.62. The number of nitrogens with zero attached hydrogens (tertiary/aromatic N) is 3. The minimum absolute atomic E-state index is 0.0265. The first-order chi connectivity index (χ1) is 17.6. The Morgan fingerprint density at radius 1 is 1.26 bits per heavy atom. The monoisotopic (exact) mass is 532 g/mol. The maximum absolute atomic E-state index is 13.6. The van der Waals surface area contributed by atoms with E-state index in [1.165, 1.54) is 4.90 Å². The minimum Gasteiger partial charge on any atom is -0.346 e. The van der Waals surface area contributed by atoms with Crippen molar-refractivity contribution in [3.63, 3.8) is 0 Å². The lowest BCUT2D eigenvalue weighted by atomic mass is 9.85. The van der Waals surface area contributed by atoms with Gasteiger partial charge in [-0.1, -0.05) is 34.6 Å². The van der Waals surface area contributed by atoms with Crippen molar-refractivity contribution in [3.8, 4) is 6.07 Å². The maximum atomic E-state index is 13.6. The molecular formula is C26H31F3N6O3. The Morgan fingerprint density at radius 2 is 1.95 bits per heavy atom. The molecule has 2 aliphatic rings. The van der Waals surface area contributed by atoms with Crippen molar-refractivity contribution in [3.05, 3.63) is 30.1 Å². The fourth-order valence-corrected chi connectivity index (χ4v) is 5.63. The third kappa shape index (κ3) is 4.93. The molecule has 0 spiro atoms. The zero-order chi connectivity index (χ0) is 28.2. The van der Waals surface area contributed by atoms with E-state index in [-0.39, 0.29) is 30.2 Å². The van der Waals surface area contributed by atoms with Gasteiger partial charge in [0.15, 0.2) is 0 Å². The van der Waals surface area contributed by atoms with Crippen LogP contribution in [0.4, 0.5) is 13.2 Å². The molecule has 3 N–H and O–H groups in total. The van der Waals surface area contributed by atoms with Crippen LogP contribution in [0.15, 0.2) is 24.5 Å². The number of hydrogen-bond donors (Lipinski definition) is 3. The summed E-state index contributed by atoms with van der Waals surface area (Å²) in [5.41, 5.74) is 0.122. The fraction of sp³-hybridized carbons (Fsp3) is 0.577. The molecule has 38 heavy (non-hydrogen) atoms. The smallest absolute Gasteiger partial charge is 0.346 e. The Bertz CT molecular complexity index is 1310. The van der Waals surface area contributed by atoms with Crippen LogP contribution < -0.4 is 10.6 Å². The maximum Gasteiger partial charge on any atom is 0.471 e. The molecule has 204 valence electrons. The molecule has 1 saturated carbocycles. The molecule has 2 aromatic rings. The van der Waals surface area contributed by atoms with Gasteiger partial charge in [-0.3, -0.25) is 14.4 Å². The zero-order valence-electron chi connectivity index (χ0n) is 21.8. The van der Waals surface area contributed by atoms with Gasteiger partial charge >= 0.3 is 12.1 Å². The van der Waals surface area contributed by atoms with E-state index < -0.39 is 47.4 Å². The van der Waals surface area contributed by atoms with Crippen LogP contribution in [0, 0.1) is 34.0 Å². The number of alkyl halides is 3. The van der Waals surface area contributed by atoms with Crippen LogP contribution in [0.5, 0.6) is 0 Å². The van der Waals surface area contributed by atoms with Crippen LogP contribution in [0.2, 0.25) is 0 Å². The summed E-state index contributed by atoms with van der Waals surface area (Å²) in [5.74, 6) is -3.76. The molecule has 5 atom stereocenters. The van der Waals surface area contributed by atoms with E-state index >= 15 is 0 Å². The molecule has 1 saturated heterocycles. The lowest BCUT2D eigenvalue weighted by Gasteiger charge is -2.37. The summed E-state index contributed by atoms with van der Waals surface area (Å²) in [6.45, 7) is 8.75. The van der Waals surface area contributed by atoms with E-state index in [0.29, 0.717) is 5.65 Å². The van der Waals surface area contributed by atoms with E-state index in [1.54, 1.807) is 39.2 Å². The highest BCUT2D eigenvalue weighted by molar-refractivity contribution is 5.95. The number of likely N-dealkylation sites (tertiary alicyclic amines) is 1. The predicted molar refractivity (Wildman–Crippen MR) is 131 cm³/mol. The molecule has 3 heterocycles. The summed E-state index contributed by atoms with van der Waals surface area (Å²) < 4.78 is 39.0. The quantitative estimate of drug-likeness (QED) is 0.527. The van der Waals surface area contributed by atoms with Gasteiger partial charge in [0, 0.05) is 30.7 Å². The van der Waals surface area contributed by atoms with Crippen LogP contribution in [0.3, 0.4) is 0 Å². The Kier molecular flexibility index (Phi) is 6.70. The lowest BCUT2D eigenvalue weighted by molar-refractivity contribution is -0.176. The highest BCUT2D eigenvalue weighted by Crippen LogP contribution is 2.65. The van der Waals surface area contributed by atoms with Gasteiger partial charge in [0.2, 0.25) is 11.8 Å². The number of pyridine rings is 1. The topological polar surface area (TPSA) is 131 Å². The average molecular weight is 533 g/mol. The van der Waals surface area contributed by atoms with Crippen molar-refractivity contribution < 1.29 is 27.6 Å². The van der Waals surface area contributed by atoms with E-state index in [4.69, 9.17) is 0 Å². The Balaban J connectivity index is 1.56. The molecule has 1 aliphatic heterocycles. The van der Waals surface area contributed by atoms with Crippen LogP contribution in [-0.2, 0) is 20.8 Å². The van der Waals surface area contributed by atoms with Gasteiger partial charge in [-0.15, -0.1) is 0 Å². The van der Waals surface area contributed by atoms with Gasteiger partial charge in [0.05, 0.1) is 6.07 Å². The van der Waals surface area contributed by atoms with Crippen LogP contribution >= 0.6 is 0 Å². The summed E-state index contributed by atoms with van der Waals surface area (Å²) in [7, 11) is 0. The van der Waals surface area contributed by atoms with Crippen LogP contribution in [0.1, 0.15) is 40.2 Å². The molecule has 0 aromatic carbocycles. The van der Waals surface area contributed by atoms with Gasteiger partial charge < -0.3 is 20.5 Å². The second-order valence-corrected chi connectivity index (χ2v) is 11.8. The summed E-state index contributed by atoms with van der Waals surface area (Å²) in [5, 5.41) is 15.2. The number of aromatic amines is 1. The molecule has 9 nitrogen and oxygen atoms in total. The van der Waals surface area contributed by atoms with Crippen molar-refractivity contribution in [2.24, 2.45) is 22.7 Å². The summed E-state index contributed by atoms with van der Waals surface area (Å²) in [6.07, 6.45) is -1.61. The number of rotatable bonds is 6.